The number of hydrogen-bond donors (Lipinski definition) is 2. The Kier molecular flexibility index (Phi) is 3.97. The van der Waals surface area contributed by atoms with E-state index in [9.17, 15) is 0 Å². The van der Waals surface area contributed by atoms with Crippen molar-refractivity contribution in [2.75, 3.05) is 17.7 Å². The molecule has 0 saturated carbocycles. The number of thiophene rings is 1. The average Bonchev–Trinajstić information content (AvgIpc) is 2.92. The molecule has 0 amide bonds. The lowest BCUT2D eigenvalue weighted by molar-refractivity contribution is 0.318. The molecular formula is C17H18N2OS. The van der Waals surface area contributed by atoms with Crippen molar-refractivity contribution in [1.29, 1.82) is 0 Å². The number of nitrogen functional groups attached to an aromatic ring is 1. The molecule has 21 heavy (non-hydrogen) atoms. The molecule has 0 atom stereocenters. The summed E-state index contributed by atoms with van der Waals surface area (Å²) in [5.41, 5.74) is 8.63. The number of nitrogens with one attached hydrogen (secondary N) is 1. The van der Waals surface area contributed by atoms with Gasteiger partial charge in [0.15, 0.2) is 0 Å². The van der Waals surface area contributed by atoms with Crippen LogP contribution in [-0.2, 0) is 0 Å². The predicted octanol–water partition coefficient (Wildman–Crippen LogP) is 5.02. The number of rotatable bonds is 5. The summed E-state index contributed by atoms with van der Waals surface area (Å²) in [6.45, 7) is 2.78. The van der Waals surface area contributed by atoms with E-state index in [1.165, 1.54) is 10.1 Å². The molecule has 0 aliphatic heterocycles. The van der Waals surface area contributed by atoms with Crippen LogP contribution < -0.4 is 15.8 Å². The van der Waals surface area contributed by atoms with Crippen LogP contribution in [0.5, 0.6) is 5.75 Å². The molecule has 0 bridgehead atoms. The van der Waals surface area contributed by atoms with Gasteiger partial charge in [-0.25, -0.2) is 0 Å². The van der Waals surface area contributed by atoms with Crippen molar-refractivity contribution in [2.24, 2.45) is 0 Å². The van der Waals surface area contributed by atoms with Crippen LogP contribution >= 0.6 is 11.3 Å². The number of hydrogen-bond acceptors (Lipinski definition) is 4. The zero-order valence-corrected chi connectivity index (χ0v) is 12.7. The summed E-state index contributed by atoms with van der Waals surface area (Å²) in [6.07, 6.45) is 0.979. The van der Waals surface area contributed by atoms with Gasteiger partial charge in [0, 0.05) is 33.9 Å². The number of fused-ring (bicyclic) bond motifs is 1. The first-order valence-electron chi connectivity index (χ1n) is 7.02. The number of ether oxygens (including phenoxy) is 1. The number of nitrogens with two attached hydrogens (primary N) is 1. The third kappa shape index (κ3) is 3.28. The van der Waals surface area contributed by atoms with Crippen LogP contribution in [-0.4, -0.2) is 6.61 Å². The lowest BCUT2D eigenvalue weighted by Crippen LogP contribution is -1.98. The van der Waals surface area contributed by atoms with Gasteiger partial charge in [0.25, 0.3) is 0 Å². The van der Waals surface area contributed by atoms with Crippen molar-refractivity contribution in [3.63, 3.8) is 0 Å². The van der Waals surface area contributed by atoms with Gasteiger partial charge in [-0.2, -0.15) is 0 Å². The zero-order chi connectivity index (χ0) is 14.7. The minimum atomic E-state index is 0.697. The van der Waals surface area contributed by atoms with Crippen LogP contribution in [0.3, 0.4) is 0 Å². The van der Waals surface area contributed by atoms with Crippen LogP contribution in [0.2, 0.25) is 0 Å². The van der Waals surface area contributed by atoms with Gasteiger partial charge in [0.05, 0.1) is 6.61 Å². The fraction of sp³-hybridized carbons (Fsp3) is 0.176. The van der Waals surface area contributed by atoms with E-state index in [1.807, 2.05) is 18.2 Å². The van der Waals surface area contributed by atoms with E-state index in [2.05, 4.69) is 41.9 Å². The fourth-order valence-electron chi connectivity index (χ4n) is 2.21. The van der Waals surface area contributed by atoms with Gasteiger partial charge in [-0.15, -0.1) is 11.3 Å². The summed E-state index contributed by atoms with van der Waals surface area (Å²) in [6, 6.07) is 14.2. The van der Waals surface area contributed by atoms with E-state index in [0.717, 1.165) is 23.5 Å². The Hall–Kier alpha value is -2.20. The van der Waals surface area contributed by atoms with E-state index in [4.69, 9.17) is 10.5 Å². The number of benzene rings is 2. The van der Waals surface area contributed by atoms with Crippen LogP contribution in [0.25, 0.3) is 10.1 Å². The summed E-state index contributed by atoms with van der Waals surface area (Å²) in [4.78, 5) is 0. The van der Waals surface area contributed by atoms with Crippen molar-refractivity contribution in [3.8, 4) is 5.75 Å². The van der Waals surface area contributed by atoms with Gasteiger partial charge >= 0.3 is 0 Å². The maximum atomic E-state index is 5.94. The lowest BCUT2D eigenvalue weighted by Gasteiger charge is -2.11. The molecule has 3 rings (SSSR count). The molecular weight excluding hydrogens is 280 g/mol. The molecule has 3 aromatic rings. The highest BCUT2D eigenvalue weighted by molar-refractivity contribution is 7.17. The van der Waals surface area contributed by atoms with E-state index in [1.54, 1.807) is 11.3 Å². The van der Waals surface area contributed by atoms with Crippen molar-refractivity contribution >= 4 is 38.5 Å². The molecule has 0 radical (unpaired) electrons. The Labute approximate surface area is 128 Å². The molecule has 0 spiro atoms. The highest BCUT2D eigenvalue weighted by atomic mass is 32.1. The Bertz CT molecular complexity index is 751. The SMILES string of the molecule is CCCOc1cc(N)cc(Nc2ccc3sccc3c2)c1. The van der Waals surface area contributed by atoms with Crippen molar-refractivity contribution < 1.29 is 4.74 Å². The van der Waals surface area contributed by atoms with Gasteiger partial charge in [-0.3, -0.25) is 0 Å². The molecule has 4 heteroatoms. The standard InChI is InChI=1S/C17H18N2OS/c1-2-6-20-16-10-13(18)9-15(11-16)19-14-3-4-17-12(8-14)5-7-21-17/h3-5,7-11,19H,2,6,18H2,1H3. The molecule has 0 fully saturated rings. The first-order valence-corrected chi connectivity index (χ1v) is 7.90. The Morgan fingerprint density at radius 1 is 1.10 bits per heavy atom. The zero-order valence-electron chi connectivity index (χ0n) is 11.9. The first kappa shape index (κ1) is 13.8. The van der Waals surface area contributed by atoms with Crippen LogP contribution in [0.4, 0.5) is 17.1 Å². The van der Waals surface area contributed by atoms with Gasteiger partial charge in [-0.05, 0) is 47.5 Å². The smallest absolute Gasteiger partial charge is 0.123 e. The summed E-state index contributed by atoms with van der Waals surface area (Å²) in [5, 5.41) is 6.74. The maximum Gasteiger partial charge on any atom is 0.123 e. The summed E-state index contributed by atoms with van der Waals surface area (Å²) < 4.78 is 6.95. The molecule has 2 aromatic carbocycles. The number of anilines is 3. The van der Waals surface area contributed by atoms with E-state index in [0.29, 0.717) is 12.3 Å². The molecule has 0 saturated heterocycles. The van der Waals surface area contributed by atoms with Crippen LogP contribution in [0.1, 0.15) is 13.3 Å². The van der Waals surface area contributed by atoms with E-state index >= 15 is 0 Å². The highest BCUT2D eigenvalue weighted by Gasteiger charge is 2.02. The van der Waals surface area contributed by atoms with E-state index < -0.39 is 0 Å². The third-order valence-electron chi connectivity index (χ3n) is 3.14. The van der Waals surface area contributed by atoms with Crippen LogP contribution in [0.15, 0.2) is 47.8 Å². The van der Waals surface area contributed by atoms with E-state index in [-0.39, 0.29) is 0 Å². The third-order valence-corrected chi connectivity index (χ3v) is 4.04. The minimum absolute atomic E-state index is 0.697. The highest BCUT2D eigenvalue weighted by Crippen LogP contribution is 2.28. The Morgan fingerprint density at radius 2 is 2.00 bits per heavy atom. The van der Waals surface area contributed by atoms with Crippen molar-refractivity contribution in [1.82, 2.24) is 0 Å². The minimum Gasteiger partial charge on any atom is -0.493 e. The maximum absolute atomic E-state index is 5.94. The van der Waals surface area contributed by atoms with Crippen LogP contribution in [0, 0.1) is 0 Å². The first-order chi connectivity index (χ1) is 10.2. The lowest BCUT2D eigenvalue weighted by atomic mass is 10.2. The van der Waals surface area contributed by atoms with Crippen molar-refractivity contribution in [2.45, 2.75) is 13.3 Å². The Morgan fingerprint density at radius 3 is 2.86 bits per heavy atom. The summed E-state index contributed by atoms with van der Waals surface area (Å²) >= 11 is 1.75. The second kappa shape index (κ2) is 6.06. The van der Waals surface area contributed by atoms with Gasteiger partial charge in [-0.1, -0.05) is 6.92 Å². The molecule has 1 heterocycles. The van der Waals surface area contributed by atoms with Gasteiger partial charge in [0.2, 0.25) is 0 Å². The second-order valence-corrected chi connectivity index (χ2v) is 5.89. The molecule has 0 aliphatic carbocycles. The Balaban J connectivity index is 1.84. The monoisotopic (exact) mass is 298 g/mol. The predicted molar refractivity (Wildman–Crippen MR) is 91.7 cm³/mol. The molecule has 3 N–H and O–H groups in total. The normalized spacial score (nSPS) is 10.7. The summed E-state index contributed by atoms with van der Waals surface area (Å²) in [7, 11) is 0. The van der Waals surface area contributed by atoms with Gasteiger partial charge in [0.1, 0.15) is 5.75 Å². The molecule has 1 aromatic heterocycles. The fourth-order valence-corrected chi connectivity index (χ4v) is 2.98. The molecule has 0 aliphatic rings. The quantitative estimate of drug-likeness (QED) is 0.650. The van der Waals surface area contributed by atoms with Crippen molar-refractivity contribution in [3.05, 3.63) is 47.8 Å². The van der Waals surface area contributed by atoms with Gasteiger partial charge < -0.3 is 15.8 Å². The molecule has 108 valence electrons. The topological polar surface area (TPSA) is 47.3 Å². The summed E-state index contributed by atoms with van der Waals surface area (Å²) in [5.74, 6) is 0.802. The largest absolute Gasteiger partial charge is 0.493 e. The average molecular weight is 298 g/mol. The molecule has 3 nitrogen and oxygen atoms in total. The molecule has 0 unspecified atom stereocenters. The second-order valence-electron chi connectivity index (χ2n) is 4.94.